The van der Waals surface area contributed by atoms with Crippen molar-refractivity contribution in [2.75, 3.05) is 5.32 Å². The second-order valence-corrected chi connectivity index (χ2v) is 5.52. The summed E-state index contributed by atoms with van der Waals surface area (Å²) >= 11 is 3.17. The molecule has 1 N–H and O–H groups in total. The lowest BCUT2D eigenvalue weighted by molar-refractivity contribution is 0.0995. The number of carbonyl (C=O) groups is 1. The third-order valence-electron chi connectivity index (χ3n) is 3.02. The lowest BCUT2D eigenvalue weighted by Gasteiger charge is -2.08. The molecular weight excluding hydrogens is 360 g/mol. The predicted molar refractivity (Wildman–Crippen MR) is 89.4 cm³/mol. The highest BCUT2D eigenvalue weighted by atomic mass is 79.9. The summed E-state index contributed by atoms with van der Waals surface area (Å²) in [7, 11) is 0. The number of nitrogens with zero attached hydrogens (tertiary/aromatic N) is 1. The molecular formula is C17H13BrN2O3. The number of furan rings is 1. The van der Waals surface area contributed by atoms with Gasteiger partial charge < -0.3 is 14.5 Å². The molecule has 6 heteroatoms. The lowest BCUT2D eigenvalue weighted by atomic mass is 10.3. The number of amides is 1. The number of anilines is 1. The van der Waals surface area contributed by atoms with Gasteiger partial charge in [0, 0.05) is 29.7 Å². The topological polar surface area (TPSA) is 64.4 Å². The molecule has 0 spiro atoms. The SMILES string of the molecule is O=C(Nc1cccc(OCc2cccnc2)c1)c1ccc(Br)o1. The molecule has 0 aliphatic heterocycles. The Balaban J connectivity index is 1.64. The number of ether oxygens (including phenoxy) is 1. The lowest BCUT2D eigenvalue weighted by Crippen LogP contribution is -2.10. The van der Waals surface area contributed by atoms with E-state index in [2.05, 4.69) is 26.2 Å². The molecule has 0 radical (unpaired) electrons. The minimum Gasteiger partial charge on any atom is -0.489 e. The molecule has 0 fully saturated rings. The zero-order chi connectivity index (χ0) is 16.1. The Morgan fingerprint density at radius 3 is 2.87 bits per heavy atom. The van der Waals surface area contributed by atoms with E-state index in [-0.39, 0.29) is 11.7 Å². The first kappa shape index (κ1) is 15.3. The van der Waals surface area contributed by atoms with Crippen LogP contribution in [0.25, 0.3) is 0 Å². The standard InChI is InChI=1S/C17H13BrN2O3/c18-16-7-6-15(23-16)17(21)20-13-4-1-5-14(9-13)22-11-12-3-2-8-19-10-12/h1-10H,11H2,(H,20,21). The van der Waals surface area contributed by atoms with Crippen LogP contribution in [0.3, 0.4) is 0 Å². The molecule has 0 aliphatic rings. The largest absolute Gasteiger partial charge is 0.489 e. The van der Waals surface area contributed by atoms with Crippen molar-refractivity contribution in [3.05, 3.63) is 76.9 Å². The molecule has 0 saturated heterocycles. The van der Waals surface area contributed by atoms with Crippen LogP contribution >= 0.6 is 15.9 Å². The van der Waals surface area contributed by atoms with Gasteiger partial charge in [-0.1, -0.05) is 12.1 Å². The fourth-order valence-electron chi connectivity index (χ4n) is 1.94. The summed E-state index contributed by atoms with van der Waals surface area (Å²) in [4.78, 5) is 16.1. The Kier molecular flexibility index (Phi) is 4.73. The van der Waals surface area contributed by atoms with E-state index in [9.17, 15) is 4.79 Å². The van der Waals surface area contributed by atoms with Crippen LogP contribution in [0.5, 0.6) is 5.75 Å². The van der Waals surface area contributed by atoms with E-state index in [1.807, 2.05) is 24.3 Å². The predicted octanol–water partition coefficient (Wildman–Crippen LogP) is 4.27. The van der Waals surface area contributed by atoms with Crippen molar-refractivity contribution in [1.29, 1.82) is 0 Å². The highest BCUT2D eigenvalue weighted by Gasteiger charge is 2.11. The Morgan fingerprint density at radius 2 is 2.13 bits per heavy atom. The third kappa shape index (κ3) is 4.20. The maximum atomic E-state index is 12.0. The van der Waals surface area contributed by atoms with Crippen molar-refractivity contribution in [3.8, 4) is 5.75 Å². The zero-order valence-electron chi connectivity index (χ0n) is 12.0. The first-order valence-electron chi connectivity index (χ1n) is 6.89. The number of carbonyl (C=O) groups excluding carboxylic acids is 1. The van der Waals surface area contributed by atoms with E-state index in [1.165, 1.54) is 0 Å². The van der Waals surface area contributed by atoms with Crippen LogP contribution in [0.1, 0.15) is 16.1 Å². The number of nitrogens with one attached hydrogen (secondary N) is 1. The monoisotopic (exact) mass is 372 g/mol. The number of aromatic nitrogens is 1. The average Bonchev–Trinajstić information content (AvgIpc) is 3.01. The van der Waals surface area contributed by atoms with Crippen LogP contribution in [-0.4, -0.2) is 10.9 Å². The van der Waals surface area contributed by atoms with E-state index in [0.717, 1.165) is 5.56 Å². The number of pyridine rings is 1. The number of hydrogen-bond acceptors (Lipinski definition) is 4. The first-order chi connectivity index (χ1) is 11.2. The zero-order valence-corrected chi connectivity index (χ0v) is 13.6. The molecule has 116 valence electrons. The van der Waals surface area contributed by atoms with Crippen molar-refractivity contribution >= 4 is 27.5 Å². The summed E-state index contributed by atoms with van der Waals surface area (Å²) in [6.45, 7) is 0.413. The molecule has 5 nitrogen and oxygen atoms in total. The van der Waals surface area contributed by atoms with Crippen LogP contribution in [0.2, 0.25) is 0 Å². The smallest absolute Gasteiger partial charge is 0.291 e. The van der Waals surface area contributed by atoms with E-state index in [1.54, 1.807) is 36.7 Å². The summed E-state index contributed by atoms with van der Waals surface area (Å²) in [6, 6.07) is 14.2. The molecule has 23 heavy (non-hydrogen) atoms. The number of benzene rings is 1. The normalized spacial score (nSPS) is 10.3. The van der Waals surface area contributed by atoms with E-state index in [0.29, 0.717) is 22.7 Å². The molecule has 2 aromatic heterocycles. The van der Waals surface area contributed by atoms with Gasteiger partial charge in [0.25, 0.3) is 5.91 Å². The average molecular weight is 373 g/mol. The van der Waals surface area contributed by atoms with Crippen LogP contribution < -0.4 is 10.1 Å². The number of hydrogen-bond donors (Lipinski definition) is 1. The molecule has 1 amide bonds. The summed E-state index contributed by atoms with van der Waals surface area (Å²) in [6.07, 6.45) is 3.47. The van der Waals surface area contributed by atoms with E-state index < -0.39 is 0 Å². The molecule has 0 bridgehead atoms. The van der Waals surface area contributed by atoms with Gasteiger partial charge in [-0.25, -0.2) is 0 Å². The quantitative estimate of drug-likeness (QED) is 0.726. The van der Waals surface area contributed by atoms with Gasteiger partial charge in [0.15, 0.2) is 10.4 Å². The second kappa shape index (κ2) is 7.11. The summed E-state index contributed by atoms with van der Waals surface area (Å²) in [5.74, 6) is 0.575. The van der Waals surface area contributed by atoms with Crippen LogP contribution in [0.4, 0.5) is 5.69 Å². The first-order valence-corrected chi connectivity index (χ1v) is 7.68. The highest BCUT2D eigenvalue weighted by Crippen LogP contribution is 2.20. The van der Waals surface area contributed by atoms with Gasteiger partial charge in [0.05, 0.1) is 0 Å². The second-order valence-electron chi connectivity index (χ2n) is 4.74. The summed E-state index contributed by atoms with van der Waals surface area (Å²) in [5.41, 5.74) is 1.61. The summed E-state index contributed by atoms with van der Waals surface area (Å²) in [5, 5.41) is 2.76. The van der Waals surface area contributed by atoms with Crippen molar-refractivity contribution < 1.29 is 13.9 Å². The molecule has 3 aromatic rings. The minimum atomic E-state index is -0.319. The van der Waals surface area contributed by atoms with Crippen molar-refractivity contribution in [3.63, 3.8) is 0 Å². The minimum absolute atomic E-state index is 0.235. The molecule has 0 atom stereocenters. The Bertz CT molecular complexity index is 802. The maximum absolute atomic E-state index is 12.0. The summed E-state index contributed by atoms with van der Waals surface area (Å²) < 4.78 is 11.4. The third-order valence-corrected chi connectivity index (χ3v) is 3.44. The fraction of sp³-hybridized carbons (Fsp3) is 0.0588. The highest BCUT2D eigenvalue weighted by molar-refractivity contribution is 9.10. The van der Waals surface area contributed by atoms with E-state index >= 15 is 0 Å². The fourth-order valence-corrected chi connectivity index (χ4v) is 2.25. The molecule has 2 heterocycles. The Hall–Kier alpha value is -2.60. The Labute approximate surface area is 141 Å². The van der Waals surface area contributed by atoms with Gasteiger partial charge in [0.2, 0.25) is 0 Å². The van der Waals surface area contributed by atoms with Gasteiger partial charge in [-0.15, -0.1) is 0 Å². The molecule has 0 unspecified atom stereocenters. The molecule has 3 rings (SSSR count). The maximum Gasteiger partial charge on any atom is 0.291 e. The van der Waals surface area contributed by atoms with Crippen LogP contribution in [0.15, 0.2) is 70.0 Å². The van der Waals surface area contributed by atoms with Gasteiger partial charge in [0.1, 0.15) is 12.4 Å². The number of halogens is 1. The van der Waals surface area contributed by atoms with Crippen LogP contribution in [-0.2, 0) is 6.61 Å². The van der Waals surface area contributed by atoms with Gasteiger partial charge >= 0.3 is 0 Å². The van der Waals surface area contributed by atoms with Gasteiger partial charge in [-0.05, 0) is 46.3 Å². The van der Waals surface area contributed by atoms with E-state index in [4.69, 9.17) is 9.15 Å². The van der Waals surface area contributed by atoms with Crippen molar-refractivity contribution in [2.24, 2.45) is 0 Å². The van der Waals surface area contributed by atoms with Gasteiger partial charge in [-0.3, -0.25) is 9.78 Å². The molecule has 1 aromatic carbocycles. The van der Waals surface area contributed by atoms with Crippen molar-refractivity contribution in [1.82, 2.24) is 4.98 Å². The van der Waals surface area contributed by atoms with Crippen LogP contribution in [0, 0.1) is 0 Å². The molecule has 0 saturated carbocycles. The number of rotatable bonds is 5. The molecule has 0 aliphatic carbocycles. The van der Waals surface area contributed by atoms with Crippen molar-refractivity contribution in [2.45, 2.75) is 6.61 Å². The Morgan fingerprint density at radius 1 is 1.22 bits per heavy atom. The van der Waals surface area contributed by atoms with Gasteiger partial charge in [-0.2, -0.15) is 0 Å².